The molecule has 1 atom stereocenters. The van der Waals surface area contributed by atoms with Crippen LogP contribution in [0.2, 0.25) is 0 Å². The van der Waals surface area contributed by atoms with Gasteiger partial charge in [-0.15, -0.1) is 11.3 Å². The van der Waals surface area contributed by atoms with Gasteiger partial charge >= 0.3 is 0 Å². The van der Waals surface area contributed by atoms with Gasteiger partial charge in [0.1, 0.15) is 4.88 Å². The number of nitrogens with zero attached hydrogens (tertiary/aromatic N) is 2. The number of anilines is 1. The molecule has 0 saturated carbocycles. The number of thiophene rings is 1. The lowest BCUT2D eigenvalue weighted by Gasteiger charge is -2.10. The van der Waals surface area contributed by atoms with E-state index in [-0.39, 0.29) is 11.9 Å². The van der Waals surface area contributed by atoms with Crippen molar-refractivity contribution in [1.29, 1.82) is 0 Å². The summed E-state index contributed by atoms with van der Waals surface area (Å²) in [6.07, 6.45) is 1.87. The number of carbonyl (C=O) groups excluding carboxylic acids is 1. The highest BCUT2D eigenvalue weighted by Gasteiger charge is 2.24. The van der Waals surface area contributed by atoms with Gasteiger partial charge in [0.15, 0.2) is 0 Å². The highest BCUT2D eigenvalue weighted by atomic mass is 32.1. The Morgan fingerprint density at radius 1 is 1.18 bits per heavy atom. The highest BCUT2D eigenvalue weighted by Crippen LogP contribution is 2.41. The predicted octanol–water partition coefficient (Wildman–Crippen LogP) is 4.67. The molecule has 5 nitrogen and oxygen atoms in total. The van der Waals surface area contributed by atoms with Gasteiger partial charge in [0, 0.05) is 45.5 Å². The molecule has 28 heavy (non-hydrogen) atoms. The van der Waals surface area contributed by atoms with Gasteiger partial charge in [-0.1, -0.05) is 0 Å². The number of hydrogen-bond acceptors (Lipinski definition) is 5. The number of nitrogens with one attached hydrogen (secondary N) is 2. The van der Waals surface area contributed by atoms with Crippen molar-refractivity contribution in [2.24, 2.45) is 0 Å². The molecule has 0 fully saturated rings. The molecule has 4 aromatic rings. The summed E-state index contributed by atoms with van der Waals surface area (Å²) >= 11 is 1.53. The molecule has 0 bridgehead atoms. The average Bonchev–Trinajstić information content (AvgIpc) is 3.00. The largest absolute Gasteiger partial charge is 0.381 e. The van der Waals surface area contributed by atoms with E-state index in [9.17, 15) is 4.79 Å². The van der Waals surface area contributed by atoms with Gasteiger partial charge in [0.05, 0.1) is 16.9 Å². The predicted molar refractivity (Wildman–Crippen MR) is 115 cm³/mol. The van der Waals surface area contributed by atoms with E-state index in [2.05, 4.69) is 40.7 Å². The minimum atomic E-state index is -0.00682. The van der Waals surface area contributed by atoms with Crippen molar-refractivity contribution < 1.29 is 4.79 Å². The Morgan fingerprint density at radius 3 is 2.86 bits per heavy atom. The van der Waals surface area contributed by atoms with Crippen molar-refractivity contribution in [3.8, 4) is 11.3 Å². The molecule has 0 unspecified atom stereocenters. The Labute approximate surface area is 166 Å². The van der Waals surface area contributed by atoms with E-state index in [1.807, 2.05) is 32.2 Å². The fourth-order valence-electron chi connectivity index (χ4n) is 3.67. The van der Waals surface area contributed by atoms with E-state index in [4.69, 9.17) is 4.98 Å². The zero-order chi connectivity index (χ0) is 19.4. The first-order valence-electron chi connectivity index (χ1n) is 9.36. The van der Waals surface area contributed by atoms with Crippen LogP contribution in [0.3, 0.4) is 0 Å². The Kier molecular flexibility index (Phi) is 3.84. The quantitative estimate of drug-likeness (QED) is 0.497. The summed E-state index contributed by atoms with van der Waals surface area (Å²) in [6, 6.07) is 10.5. The van der Waals surface area contributed by atoms with Gasteiger partial charge in [0.25, 0.3) is 5.91 Å². The van der Waals surface area contributed by atoms with Gasteiger partial charge in [-0.3, -0.25) is 9.78 Å². The molecule has 4 heterocycles. The molecule has 0 aliphatic carbocycles. The summed E-state index contributed by atoms with van der Waals surface area (Å²) < 4.78 is 1.09. The van der Waals surface area contributed by atoms with Gasteiger partial charge in [-0.2, -0.15) is 0 Å². The van der Waals surface area contributed by atoms with Gasteiger partial charge in [-0.05, 0) is 56.7 Å². The second kappa shape index (κ2) is 6.27. The number of aryl methyl sites for hydroxylation is 2. The van der Waals surface area contributed by atoms with Crippen LogP contribution in [0.15, 0.2) is 36.5 Å². The zero-order valence-corrected chi connectivity index (χ0v) is 16.8. The van der Waals surface area contributed by atoms with Crippen LogP contribution in [0.4, 0.5) is 5.69 Å². The highest BCUT2D eigenvalue weighted by molar-refractivity contribution is 7.21. The lowest BCUT2D eigenvalue weighted by molar-refractivity contribution is 0.0949. The van der Waals surface area contributed by atoms with E-state index >= 15 is 0 Å². The van der Waals surface area contributed by atoms with Crippen molar-refractivity contribution in [2.45, 2.75) is 26.8 Å². The van der Waals surface area contributed by atoms with E-state index in [0.29, 0.717) is 6.54 Å². The number of amides is 1. The smallest absolute Gasteiger partial charge is 0.263 e. The zero-order valence-electron chi connectivity index (χ0n) is 16.0. The summed E-state index contributed by atoms with van der Waals surface area (Å²) in [4.78, 5) is 22.7. The first kappa shape index (κ1) is 17.1. The number of aromatic nitrogens is 2. The summed E-state index contributed by atoms with van der Waals surface area (Å²) in [5, 5.41) is 8.65. The summed E-state index contributed by atoms with van der Waals surface area (Å²) in [7, 11) is 0. The fraction of sp³-hybridized carbons (Fsp3) is 0.227. The first-order chi connectivity index (χ1) is 13.5. The molecule has 0 saturated heterocycles. The van der Waals surface area contributed by atoms with Crippen LogP contribution in [-0.2, 0) is 0 Å². The molecule has 5 rings (SSSR count). The summed E-state index contributed by atoms with van der Waals surface area (Å²) in [6.45, 7) is 6.79. The van der Waals surface area contributed by atoms with E-state index in [1.165, 1.54) is 11.3 Å². The molecule has 1 aliphatic rings. The molecular formula is C22H20N4OS. The lowest BCUT2D eigenvalue weighted by Crippen LogP contribution is -2.34. The maximum atomic E-state index is 12.6. The first-order valence-corrected chi connectivity index (χ1v) is 10.2. The molecule has 3 aromatic heterocycles. The number of carbonyl (C=O) groups is 1. The van der Waals surface area contributed by atoms with Crippen LogP contribution in [0, 0.1) is 13.8 Å². The molecule has 1 amide bonds. The van der Waals surface area contributed by atoms with Gasteiger partial charge in [-0.25, -0.2) is 4.98 Å². The van der Waals surface area contributed by atoms with Crippen molar-refractivity contribution in [2.75, 3.05) is 11.9 Å². The number of fused-ring (bicyclic) bond motifs is 5. The van der Waals surface area contributed by atoms with Crippen LogP contribution < -0.4 is 10.6 Å². The van der Waals surface area contributed by atoms with E-state index < -0.39 is 0 Å². The lowest BCUT2D eigenvalue weighted by atomic mass is 10.1. The number of rotatable bonds is 1. The fourth-order valence-corrected chi connectivity index (χ4v) is 4.77. The second-order valence-corrected chi connectivity index (χ2v) is 8.44. The molecule has 140 valence electrons. The summed E-state index contributed by atoms with van der Waals surface area (Å²) in [5.41, 5.74) is 5.95. The van der Waals surface area contributed by atoms with Crippen molar-refractivity contribution in [3.05, 3.63) is 52.7 Å². The van der Waals surface area contributed by atoms with Crippen LogP contribution in [0.5, 0.6) is 0 Å². The maximum Gasteiger partial charge on any atom is 0.263 e. The molecule has 1 aromatic carbocycles. The molecule has 2 N–H and O–H groups in total. The molecule has 0 spiro atoms. The Morgan fingerprint density at radius 2 is 2.04 bits per heavy atom. The topological polar surface area (TPSA) is 66.9 Å². The SMILES string of the molecule is Cc1cc(-c2ccc3c(ccc4sc5c(c43)NC[C@@H](C)NC5=O)n2)cnc1C. The van der Waals surface area contributed by atoms with Crippen molar-refractivity contribution in [3.63, 3.8) is 0 Å². The Hall–Kier alpha value is -2.99. The molecule has 0 radical (unpaired) electrons. The van der Waals surface area contributed by atoms with Crippen LogP contribution in [0.1, 0.15) is 27.9 Å². The number of hydrogen-bond donors (Lipinski definition) is 2. The third kappa shape index (κ3) is 2.64. The molecular weight excluding hydrogens is 368 g/mol. The summed E-state index contributed by atoms with van der Waals surface area (Å²) in [5.74, 6) is -0.00682. The Bertz CT molecular complexity index is 1260. The minimum absolute atomic E-state index is 0.00682. The van der Waals surface area contributed by atoms with Gasteiger partial charge < -0.3 is 10.6 Å². The minimum Gasteiger partial charge on any atom is -0.381 e. The average molecular weight is 388 g/mol. The van der Waals surface area contributed by atoms with Crippen LogP contribution in [-0.4, -0.2) is 28.5 Å². The van der Waals surface area contributed by atoms with Gasteiger partial charge in [0.2, 0.25) is 0 Å². The van der Waals surface area contributed by atoms with Crippen molar-refractivity contribution >= 4 is 43.9 Å². The normalized spacial score (nSPS) is 16.5. The third-order valence-electron chi connectivity index (χ3n) is 5.33. The Balaban J connectivity index is 1.71. The standard InChI is InChI=1S/C22H20N4OS/c1-11-8-14(10-23-13(11)3)16-5-4-15-17(26-16)6-7-18-19(15)20-21(28-18)22(27)25-12(2)9-24-20/h4-8,10,12,24H,9H2,1-3H3,(H,25,27)/t12-/m1/s1. The van der Waals surface area contributed by atoms with E-state index in [1.54, 1.807) is 0 Å². The van der Waals surface area contributed by atoms with Crippen LogP contribution >= 0.6 is 11.3 Å². The third-order valence-corrected chi connectivity index (χ3v) is 6.48. The molecule has 1 aliphatic heterocycles. The van der Waals surface area contributed by atoms with Crippen molar-refractivity contribution in [1.82, 2.24) is 15.3 Å². The number of pyridine rings is 2. The second-order valence-electron chi connectivity index (χ2n) is 7.39. The van der Waals surface area contributed by atoms with E-state index in [0.717, 1.165) is 54.1 Å². The molecule has 6 heteroatoms. The number of benzene rings is 1. The van der Waals surface area contributed by atoms with Crippen LogP contribution in [0.25, 0.3) is 32.2 Å². The monoisotopic (exact) mass is 388 g/mol. The maximum absolute atomic E-state index is 12.6.